The van der Waals surface area contributed by atoms with Crippen LogP contribution < -0.4 is 5.32 Å². The molecule has 1 rings (SSSR count). The van der Waals surface area contributed by atoms with E-state index in [2.05, 4.69) is 17.3 Å². The van der Waals surface area contributed by atoms with Gasteiger partial charge in [0.25, 0.3) is 0 Å². The number of nitrogens with one attached hydrogen (secondary N) is 1. The van der Waals surface area contributed by atoms with Gasteiger partial charge in [-0.3, -0.25) is 4.79 Å². The zero-order valence-corrected chi connectivity index (χ0v) is 10.6. The lowest BCUT2D eigenvalue weighted by Gasteiger charge is -2.33. The number of carboxylic acid groups (broad SMARTS) is 1. The first-order chi connectivity index (χ1) is 7.52. The van der Waals surface area contributed by atoms with Crippen LogP contribution in [0.15, 0.2) is 0 Å². The number of likely N-dealkylation sites (tertiary alicyclic amines) is 1. The molecule has 94 valence electrons. The van der Waals surface area contributed by atoms with E-state index in [1.54, 1.807) is 6.92 Å². The monoisotopic (exact) mass is 228 g/mol. The molecule has 1 saturated heterocycles. The van der Waals surface area contributed by atoms with Crippen LogP contribution in [-0.2, 0) is 4.79 Å². The lowest BCUT2D eigenvalue weighted by Crippen LogP contribution is -2.47. The normalized spacial score (nSPS) is 26.3. The van der Waals surface area contributed by atoms with Gasteiger partial charge in [-0.25, -0.2) is 0 Å². The number of likely N-dealkylation sites (N-methyl/N-ethyl adjacent to an activating group) is 1. The predicted molar refractivity (Wildman–Crippen MR) is 64.5 cm³/mol. The Hall–Kier alpha value is -0.610. The molecule has 1 aliphatic rings. The highest BCUT2D eigenvalue weighted by atomic mass is 16.4. The van der Waals surface area contributed by atoms with E-state index in [0.717, 1.165) is 13.1 Å². The van der Waals surface area contributed by atoms with Gasteiger partial charge in [-0.2, -0.15) is 0 Å². The fourth-order valence-corrected chi connectivity index (χ4v) is 2.11. The van der Waals surface area contributed by atoms with Gasteiger partial charge >= 0.3 is 5.97 Å². The van der Waals surface area contributed by atoms with Gasteiger partial charge in [-0.15, -0.1) is 0 Å². The Kier molecular flexibility index (Phi) is 5.22. The van der Waals surface area contributed by atoms with E-state index in [1.165, 1.54) is 19.3 Å². The first-order valence-corrected chi connectivity index (χ1v) is 6.18. The molecule has 2 N–H and O–H groups in total. The first-order valence-electron chi connectivity index (χ1n) is 6.18. The molecule has 1 fully saturated rings. The lowest BCUT2D eigenvalue weighted by molar-refractivity contribution is -0.141. The molecule has 0 aromatic heterocycles. The Morgan fingerprint density at radius 1 is 1.50 bits per heavy atom. The van der Waals surface area contributed by atoms with Gasteiger partial charge in [-0.1, -0.05) is 13.3 Å². The molecule has 0 saturated carbocycles. The van der Waals surface area contributed by atoms with Gasteiger partial charge in [0, 0.05) is 18.6 Å². The second-order valence-corrected chi connectivity index (χ2v) is 4.95. The van der Waals surface area contributed by atoms with Crippen LogP contribution in [0.3, 0.4) is 0 Å². The van der Waals surface area contributed by atoms with Crippen LogP contribution in [0.1, 0.15) is 33.1 Å². The summed E-state index contributed by atoms with van der Waals surface area (Å²) >= 11 is 0. The summed E-state index contributed by atoms with van der Waals surface area (Å²) in [5.41, 5.74) is 0. The third-order valence-corrected chi connectivity index (χ3v) is 3.74. The molecule has 3 atom stereocenters. The summed E-state index contributed by atoms with van der Waals surface area (Å²) in [6.45, 7) is 5.76. The SMILES string of the molecule is CC(NCC1CCCCN1C)C(C)C(=O)O. The summed E-state index contributed by atoms with van der Waals surface area (Å²) in [7, 11) is 2.15. The predicted octanol–water partition coefficient (Wildman–Crippen LogP) is 1.17. The number of piperidine rings is 1. The van der Waals surface area contributed by atoms with Gasteiger partial charge in [0.15, 0.2) is 0 Å². The van der Waals surface area contributed by atoms with Gasteiger partial charge in [0.2, 0.25) is 0 Å². The van der Waals surface area contributed by atoms with Gasteiger partial charge in [-0.05, 0) is 33.4 Å². The Morgan fingerprint density at radius 2 is 2.19 bits per heavy atom. The van der Waals surface area contributed by atoms with Crippen molar-refractivity contribution in [1.29, 1.82) is 0 Å². The molecule has 0 radical (unpaired) electrons. The standard InChI is InChI=1S/C12H24N2O2/c1-9(12(15)16)10(2)13-8-11-6-4-5-7-14(11)3/h9-11,13H,4-8H2,1-3H3,(H,15,16). The highest BCUT2D eigenvalue weighted by molar-refractivity contribution is 5.70. The molecule has 0 spiro atoms. The molecule has 0 bridgehead atoms. The van der Waals surface area contributed by atoms with Crippen molar-refractivity contribution >= 4 is 5.97 Å². The number of hydrogen-bond donors (Lipinski definition) is 2. The number of nitrogens with zero attached hydrogens (tertiary/aromatic N) is 1. The lowest BCUT2D eigenvalue weighted by atomic mass is 10.0. The third-order valence-electron chi connectivity index (χ3n) is 3.74. The highest BCUT2D eigenvalue weighted by Crippen LogP contribution is 2.14. The average Bonchev–Trinajstić information content (AvgIpc) is 2.26. The van der Waals surface area contributed by atoms with Gasteiger partial charge in [0.1, 0.15) is 0 Å². The van der Waals surface area contributed by atoms with E-state index in [1.807, 2.05) is 6.92 Å². The maximum Gasteiger partial charge on any atom is 0.307 e. The summed E-state index contributed by atoms with van der Waals surface area (Å²) in [5.74, 6) is -1.05. The molecule has 4 heteroatoms. The fourth-order valence-electron chi connectivity index (χ4n) is 2.11. The fraction of sp³-hybridized carbons (Fsp3) is 0.917. The summed E-state index contributed by atoms with van der Waals surface area (Å²) in [6.07, 6.45) is 3.80. The molecule has 4 nitrogen and oxygen atoms in total. The van der Waals surface area contributed by atoms with Crippen molar-refractivity contribution in [1.82, 2.24) is 10.2 Å². The van der Waals surface area contributed by atoms with Crippen molar-refractivity contribution in [2.45, 2.75) is 45.2 Å². The highest BCUT2D eigenvalue weighted by Gasteiger charge is 2.22. The minimum atomic E-state index is -0.725. The van der Waals surface area contributed by atoms with Crippen LogP contribution in [0.25, 0.3) is 0 Å². The Labute approximate surface area is 98.0 Å². The van der Waals surface area contributed by atoms with Crippen molar-refractivity contribution in [3.05, 3.63) is 0 Å². The van der Waals surface area contributed by atoms with Crippen molar-refractivity contribution in [2.75, 3.05) is 20.1 Å². The zero-order valence-electron chi connectivity index (χ0n) is 10.6. The zero-order chi connectivity index (χ0) is 12.1. The molecule has 16 heavy (non-hydrogen) atoms. The van der Waals surface area contributed by atoms with E-state index in [9.17, 15) is 4.79 Å². The van der Waals surface area contributed by atoms with E-state index < -0.39 is 5.97 Å². The molecule has 1 heterocycles. The molecular formula is C12H24N2O2. The van der Waals surface area contributed by atoms with Gasteiger partial charge < -0.3 is 15.3 Å². The van der Waals surface area contributed by atoms with Crippen molar-refractivity contribution < 1.29 is 9.90 Å². The second-order valence-electron chi connectivity index (χ2n) is 4.95. The van der Waals surface area contributed by atoms with E-state index in [-0.39, 0.29) is 12.0 Å². The second kappa shape index (κ2) is 6.21. The molecule has 0 aromatic rings. The number of carbonyl (C=O) groups is 1. The quantitative estimate of drug-likeness (QED) is 0.741. The van der Waals surface area contributed by atoms with Gasteiger partial charge in [0.05, 0.1) is 5.92 Å². The molecular weight excluding hydrogens is 204 g/mol. The maximum atomic E-state index is 10.8. The Balaban J connectivity index is 2.30. The number of carboxylic acids is 1. The molecule has 1 aliphatic heterocycles. The minimum absolute atomic E-state index is 0.0350. The summed E-state index contributed by atoms with van der Waals surface area (Å²) < 4.78 is 0. The molecule has 0 aromatic carbocycles. The topological polar surface area (TPSA) is 52.6 Å². The van der Waals surface area contributed by atoms with Crippen LogP contribution in [-0.4, -0.2) is 48.2 Å². The number of rotatable bonds is 5. The van der Waals surface area contributed by atoms with E-state index >= 15 is 0 Å². The number of hydrogen-bond acceptors (Lipinski definition) is 3. The smallest absolute Gasteiger partial charge is 0.307 e. The first kappa shape index (κ1) is 13.5. The summed E-state index contributed by atoms with van der Waals surface area (Å²) in [4.78, 5) is 13.2. The van der Waals surface area contributed by atoms with Crippen LogP contribution in [0.4, 0.5) is 0 Å². The third kappa shape index (κ3) is 3.76. The summed E-state index contributed by atoms with van der Waals surface area (Å²) in [6, 6.07) is 0.602. The molecule has 0 amide bonds. The van der Waals surface area contributed by atoms with Crippen molar-refractivity contribution in [2.24, 2.45) is 5.92 Å². The van der Waals surface area contributed by atoms with E-state index in [4.69, 9.17) is 5.11 Å². The Bertz CT molecular complexity index is 233. The molecule has 3 unspecified atom stereocenters. The minimum Gasteiger partial charge on any atom is -0.481 e. The van der Waals surface area contributed by atoms with Crippen molar-refractivity contribution in [3.63, 3.8) is 0 Å². The number of aliphatic carboxylic acids is 1. The maximum absolute atomic E-state index is 10.8. The average molecular weight is 228 g/mol. The Morgan fingerprint density at radius 3 is 2.75 bits per heavy atom. The van der Waals surface area contributed by atoms with Crippen LogP contribution in [0, 0.1) is 5.92 Å². The van der Waals surface area contributed by atoms with Crippen LogP contribution >= 0.6 is 0 Å². The van der Waals surface area contributed by atoms with Crippen LogP contribution in [0.2, 0.25) is 0 Å². The molecule has 0 aliphatic carbocycles. The van der Waals surface area contributed by atoms with E-state index in [0.29, 0.717) is 6.04 Å². The van der Waals surface area contributed by atoms with Crippen LogP contribution in [0.5, 0.6) is 0 Å². The largest absolute Gasteiger partial charge is 0.481 e. The van der Waals surface area contributed by atoms with Crippen molar-refractivity contribution in [3.8, 4) is 0 Å². The summed E-state index contributed by atoms with van der Waals surface area (Å²) in [5, 5.41) is 12.2.